The van der Waals surface area contributed by atoms with E-state index in [1.807, 2.05) is 57.2 Å². The van der Waals surface area contributed by atoms with E-state index in [2.05, 4.69) is 6.92 Å². The molecule has 1 unspecified atom stereocenters. The van der Waals surface area contributed by atoms with Gasteiger partial charge in [-0.05, 0) is 49.9 Å². The number of aliphatic hydroxyl groups is 1. The van der Waals surface area contributed by atoms with E-state index in [1.54, 1.807) is 17.0 Å². The number of rotatable bonds is 8. The van der Waals surface area contributed by atoms with Gasteiger partial charge in [0, 0.05) is 12.1 Å². The normalized spacial score (nSPS) is 18.1. The fraction of sp³-hybridized carbons (Fsp3) is 0.385. The van der Waals surface area contributed by atoms with E-state index in [-0.39, 0.29) is 17.4 Å². The predicted octanol–water partition coefficient (Wildman–Crippen LogP) is 5.26. The lowest BCUT2D eigenvalue weighted by Gasteiger charge is -2.25. The molecule has 164 valence electrons. The maximum absolute atomic E-state index is 13.0. The summed E-state index contributed by atoms with van der Waals surface area (Å²) in [6.07, 6.45) is 2.61. The summed E-state index contributed by atoms with van der Waals surface area (Å²) in [7, 11) is 0. The number of amides is 1. The molecule has 0 radical (unpaired) electrons. The lowest BCUT2D eigenvalue weighted by Crippen LogP contribution is -2.30. The van der Waals surface area contributed by atoms with E-state index in [9.17, 15) is 14.7 Å². The van der Waals surface area contributed by atoms with Crippen molar-refractivity contribution in [2.24, 2.45) is 0 Å². The summed E-state index contributed by atoms with van der Waals surface area (Å²) < 4.78 is 5.72. The van der Waals surface area contributed by atoms with Crippen LogP contribution in [0.1, 0.15) is 63.3 Å². The molecule has 2 aromatic rings. The van der Waals surface area contributed by atoms with Gasteiger partial charge in [-0.15, -0.1) is 0 Å². The highest BCUT2D eigenvalue weighted by molar-refractivity contribution is 6.46. The monoisotopic (exact) mass is 421 g/mol. The minimum Gasteiger partial charge on any atom is -0.507 e. The van der Waals surface area contributed by atoms with Crippen LogP contribution in [0.25, 0.3) is 5.76 Å². The number of Topliss-reactive ketones (excluding diaryl/α,β-unsaturated/α-hetero) is 1. The molecule has 1 aliphatic heterocycles. The average Bonchev–Trinajstić information content (AvgIpc) is 3.02. The number of ketones is 1. The van der Waals surface area contributed by atoms with Crippen molar-refractivity contribution < 1.29 is 19.4 Å². The van der Waals surface area contributed by atoms with Crippen LogP contribution in [0.2, 0.25) is 0 Å². The van der Waals surface area contributed by atoms with Crippen LogP contribution < -0.4 is 4.74 Å². The number of benzene rings is 2. The van der Waals surface area contributed by atoms with E-state index in [1.165, 1.54) is 0 Å². The Bertz CT molecular complexity index is 958. The van der Waals surface area contributed by atoms with Gasteiger partial charge in [0.05, 0.1) is 17.7 Å². The van der Waals surface area contributed by atoms with Crippen LogP contribution in [-0.4, -0.2) is 34.3 Å². The van der Waals surface area contributed by atoms with Crippen LogP contribution in [-0.2, 0) is 16.0 Å². The summed E-state index contributed by atoms with van der Waals surface area (Å²) in [5.74, 6) is -0.611. The van der Waals surface area contributed by atoms with Gasteiger partial charge in [0.15, 0.2) is 0 Å². The number of unbranched alkanes of at least 4 members (excludes halogenated alkanes) is 1. The Kier molecular flexibility index (Phi) is 7.16. The number of nitrogens with zero attached hydrogens (tertiary/aromatic N) is 1. The second kappa shape index (κ2) is 9.82. The molecule has 31 heavy (non-hydrogen) atoms. The first-order valence-corrected chi connectivity index (χ1v) is 11.0. The molecule has 1 saturated heterocycles. The first kappa shape index (κ1) is 22.6. The largest absolute Gasteiger partial charge is 0.507 e. The molecule has 1 amide bonds. The topological polar surface area (TPSA) is 66.8 Å². The van der Waals surface area contributed by atoms with E-state index in [0.717, 1.165) is 36.1 Å². The summed E-state index contributed by atoms with van der Waals surface area (Å²) in [5.41, 5.74) is 2.59. The number of hydrogen-bond donors (Lipinski definition) is 1. The second-order valence-electron chi connectivity index (χ2n) is 8.13. The number of hydrogen-bond acceptors (Lipinski definition) is 4. The quantitative estimate of drug-likeness (QED) is 0.359. The predicted molar refractivity (Wildman–Crippen MR) is 122 cm³/mol. The molecule has 0 aliphatic carbocycles. The first-order chi connectivity index (χ1) is 14.9. The molecular formula is C26H31NO4. The molecule has 3 rings (SSSR count). The molecule has 1 aliphatic rings. The zero-order valence-corrected chi connectivity index (χ0v) is 18.7. The third-order valence-electron chi connectivity index (χ3n) is 5.50. The third-order valence-corrected chi connectivity index (χ3v) is 5.50. The van der Waals surface area contributed by atoms with E-state index in [0.29, 0.717) is 12.1 Å². The van der Waals surface area contributed by atoms with Crippen LogP contribution in [0.3, 0.4) is 0 Å². The highest BCUT2D eigenvalue weighted by Crippen LogP contribution is 2.40. The van der Waals surface area contributed by atoms with Gasteiger partial charge in [0.1, 0.15) is 11.5 Å². The van der Waals surface area contributed by atoms with E-state index in [4.69, 9.17) is 4.74 Å². The smallest absolute Gasteiger partial charge is 0.295 e. The van der Waals surface area contributed by atoms with Gasteiger partial charge in [0.2, 0.25) is 0 Å². The van der Waals surface area contributed by atoms with Crippen molar-refractivity contribution >= 4 is 17.4 Å². The molecule has 0 aromatic heterocycles. The highest BCUT2D eigenvalue weighted by atomic mass is 16.5. The molecule has 5 nitrogen and oxygen atoms in total. The van der Waals surface area contributed by atoms with Gasteiger partial charge in [0.25, 0.3) is 11.7 Å². The number of aryl methyl sites for hydroxylation is 1. The number of aliphatic hydroxyl groups excluding tert-OH is 1. The lowest BCUT2D eigenvalue weighted by molar-refractivity contribution is -0.139. The van der Waals surface area contributed by atoms with Crippen molar-refractivity contribution in [3.63, 3.8) is 0 Å². The second-order valence-corrected chi connectivity index (χ2v) is 8.13. The third kappa shape index (κ3) is 4.82. The van der Waals surface area contributed by atoms with Crippen LogP contribution in [0.4, 0.5) is 0 Å². The Morgan fingerprint density at radius 2 is 1.68 bits per heavy atom. The van der Waals surface area contributed by atoms with Crippen molar-refractivity contribution in [2.45, 2.75) is 59.1 Å². The maximum atomic E-state index is 13.0. The average molecular weight is 422 g/mol. The van der Waals surface area contributed by atoms with Crippen LogP contribution in [0.5, 0.6) is 5.75 Å². The molecule has 1 atom stereocenters. The van der Waals surface area contributed by atoms with Crippen molar-refractivity contribution in [3.8, 4) is 5.75 Å². The van der Waals surface area contributed by atoms with Crippen LogP contribution in [0.15, 0.2) is 54.1 Å². The Hall–Kier alpha value is -3.08. The minimum atomic E-state index is -0.638. The van der Waals surface area contributed by atoms with Gasteiger partial charge in [-0.25, -0.2) is 0 Å². The van der Waals surface area contributed by atoms with Crippen molar-refractivity contribution in [3.05, 3.63) is 70.8 Å². The van der Waals surface area contributed by atoms with Crippen molar-refractivity contribution in [1.82, 2.24) is 4.90 Å². The highest BCUT2D eigenvalue weighted by Gasteiger charge is 2.45. The lowest BCUT2D eigenvalue weighted by atomic mass is 9.94. The van der Waals surface area contributed by atoms with Gasteiger partial charge in [-0.2, -0.15) is 0 Å². The molecule has 1 fully saturated rings. The molecule has 2 aromatic carbocycles. The van der Waals surface area contributed by atoms with E-state index < -0.39 is 17.7 Å². The van der Waals surface area contributed by atoms with Crippen molar-refractivity contribution in [1.29, 1.82) is 0 Å². The summed E-state index contributed by atoms with van der Waals surface area (Å²) in [6, 6.07) is 14.2. The molecule has 1 N–H and O–H groups in total. The number of ether oxygens (including phenoxy) is 1. The number of carbonyl (C=O) groups excluding carboxylic acids is 2. The molecule has 1 heterocycles. The summed E-state index contributed by atoms with van der Waals surface area (Å²) >= 11 is 0. The van der Waals surface area contributed by atoms with E-state index >= 15 is 0 Å². The van der Waals surface area contributed by atoms with Gasteiger partial charge < -0.3 is 14.7 Å². The zero-order chi connectivity index (χ0) is 22.5. The standard InChI is InChI=1S/C26H31NO4/c1-5-7-16-27-23(19-12-14-21(15-13-19)31-17(3)4)22(25(29)26(27)30)24(28)20-10-8-18(6-2)9-11-20/h8-15,17,23,28H,5-7,16H2,1-4H3/b24-22-. The Morgan fingerprint density at radius 1 is 1.03 bits per heavy atom. The minimum absolute atomic E-state index is 0.0483. The summed E-state index contributed by atoms with van der Waals surface area (Å²) in [6.45, 7) is 8.47. The molecule has 5 heteroatoms. The first-order valence-electron chi connectivity index (χ1n) is 11.0. The Balaban J connectivity index is 2.07. The number of carbonyl (C=O) groups is 2. The molecule has 0 bridgehead atoms. The fourth-order valence-corrected chi connectivity index (χ4v) is 3.84. The summed E-state index contributed by atoms with van der Waals surface area (Å²) in [5, 5.41) is 11.1. The number of likely N-dealkylation sites (tertiary alicyclic amines) is 1. The Morgan fingerprint density at radius 3 is 2.23 bits per heavy atom. The van der Waals surface area contributed by atoms with Gasteiger partial charge in [-0.1, -0.05) is 56.7 Å². The van der Waals surface area contributed by atoms with Crippen LogP contribution in [0, 0.1) is 0 Å². The zero-order valence-electron chi connectivity index (χ0n) is 18.7. The summed E-state index contributed by atoms with van der Waals surface area (Å²) in [4.78, 5) is 27.4. The molecule has 0 spiro atoms. The van der Waals surface area contributed by atoms with Crippen molar-refractivity contribution in [2.75, 3.05) is 6.54 Å². The fourth-order valence-electron chi connectivity index (χ4n) is 3.84. The SMILES string of the molecule is CCCCN1C(=O)C(=O)/C(=C(\O)c2ccc(CC)cc2)C1c1ccc(OC(C)C)cc1. The van der Waals surface area contributed by atoms with Gasteiger partial charge >= 0.3 is 0 Å². The van der Waals surface area contributed by atoms with Gasteiger partial charge in [-0.3, -0.25) is 9.59 Å². The molecule has 0 saturated carbocycles. The molecular weight excluding hydrogens is 390 g/mol. The van der Waals surface area contributed by atoms with Crippen LogP contribution >= 0.6 is 0 Å². The maximum Gasteiger partial charge on any atom is 0.295 e. The Labute approximate surface area is 184 Å².